The van der Waals surface area contributed by atoms with Crippen molar-refractivity contribution >= 4 is 16.8 Å². The molecule has 4 nitrogen and oxygen atoms in total. The molecule has 216 valence electrons. The predicted molar refractivity (Wildman–Crippen MR) is 164 cm³/mol. The first-order chi connectivity index (χ1) is 18.7. The molecule has 0 unspecified atom stereocenters. The van der Waals surface area contributed by atoms with Gasteiger partial charge in [-0.3, -0.25) is 4.79 Å². The average molecular weight is 527 g/mol. The van der Waals surface area contributed by atoms with Crippen LogP contribution in [-0.4, -0.2) is 22.5 Å². The number of aromatic hydroxyl groups is 1. The van der Waals surface area contributed by atoms with Gasteiger partial charge >= 0.3 is 0 Å². The summed E-state index contributed by atoms with van der Waals surface area (Å²) >= 11 is 0. The number of carbonyl (C=O) groups excluding carboxylic acids is 1. The van der Waals surface area contributed by atoms with Crippen LogP contribution < -0.4 is 5.32 Å². The molecule has 0 saturated heterocycles. The number of rotatable bonds is 25. The fourth-order valence-corrected chi connectivity index (χ4v) is 5.52. The lowest BCUT2D eigenvalue weighted by Gasteiger charge is -2.06. The van der Waals surface area contributed by atoms with Crippen LogP contribution in [0.1, 0.15) is 154 Å². The third-order valence-corrected chi connectivity index (χ3v) is 7.97. The van der Waals surface area contributed by atoms with Gasteiger partial charge in [0.25, 0.3) is 0 Å². The van der Waals surface area contributed by atoms with Crippen LogP contribution in [0.3, 0.4) is 0 Å². The Kier molecular flexibility index (Phi) is 18.6. The molecular formula is C34H58N2O2. The van der Waals surface area contributed by atoms with Crippen LogP contribution in [0.4, 0.5) is 0 Å². The molecule has 1 amide bonds. The molecule has 1 heterocycles. The van der Waals surface area contributed by atoms with Gasteiger partial charge in [0.2, 0.25) is 5.91 Å². The minimum absolute atomic E-state index is 0.158. The van der Waals surface area contributed by atoms with E-state index in [9.17, 15) is 9.90 Å². The minimum atomic E-state index is 0.158. The quantitative estimate of drug-likeness (QED) is 0.113. The molecule has 0 radical (unpaired) electrons. The maximum absolute atomic E-state index is 12.1. The maximum Gasteiger partial charge on any atom is 0.220 e. The number of phenolic OH excluding ortho intramolecular Hbond substituents is 1. The molecule has 0 aliphatic rings. The van der Waals surface area contributed by atoms with E-state index in [0.717, 1.165) is 35.7 Å². The van der Waals surface area contributed by atoms with Gasteiger partial charge < -0.3 is 15.4 Å². The van der Waals surface area contributed by atoms with E-state index in [1.54, 1.807) is 12.1 Å². The molecule has 3 N–H and O–H groups in total. The van der Waals surface area contributed by atoms with Crippen molar-refractivity contribution < 1.29 is 9.90 Å². The topological polar surface area (TPSA) is 65.1 Å². The molecule has 4 heteroatoms. The summed E-state index contributed by atoms with van der Waals surface area (Å²) in [5.41, 5.74) is 2.15. The number of hydrogen-bond acceptors (Lipinski definition) is 2. The number of unbranched alkanes of at least 4 members (excludes halogenated alkanes) is 20. The van der Waals surface area contributed by atoms with Gasteiger partial charge in [-0.1, -0.05) is 135 Å². The second-order valence-electron chi connectivity index (χ2n) is 11.5. The fourth-order valence-electron chi connectivity index (χ4n) is 5.52. The van der Waals surface area contributed by atoms with Crippen LogP contribution in [0.5, 0.6) is 5.75 Å². The Bertz CT molecular complexity index is 844. The van der Waals surface area contributed by atoms with E-state index in [4.69, 9.17) is 0 Å². The number of phenols is 1. The molecule has 2 rings (SSSR count). The van der Waals surface area contributed by atoms with Crippen LogP contribution in [0, 0.1) is 0 Å². The van der Waals surface area contributed by atoms with Gasteiger partial charge in [-0.15, -0.1) is 0 Å². The second-order valence-corrected chi connectivity index (χ2v) is 11.5. The molecule has 1 aromatic carbocycles. The Morgan fingerprint density at radius 2 is 1.18 bits per heavy atom. The summed E-state index contributed by atoms with van der Waals surface area (Å²) in [4.78, 5) is 15.4. The van der Waals surface area contributed by atoms with E-state index in [0.29, 0.717) is 13.0 Å². The zero-order valence-corrected chi connectivity index (χ0v) is 24.6. The van der Waals surface area contributed by atoms with Gasteiger partial charge in [0.1, 0.15) is 5.75 Å². The Morgan fingerprint density at radius 1 is 0.711 bits per heavy atom. The molecule has 0 spiro atoms. The van der Waals surface area contributed by atoms with Crippen molar-refractivity contribution in [3.63, 3.8) is 0 Å². The van der Waals surface area contributed by atoms with Gasteiger partial charge in [0.05, 0.1) is 0 Å². The van der Waals surface area contributed by atoms with E-state index in [2.05, 4.69) is 17.2 Å². The van der Waals surface area contributed by atoms with Crippen LogP contribution >= 0.6 is 0 Å². The van der Waals surface area contributed by atoms with E-state index >= 15 is 0 Å². The highest BCUT2D eigenvalue weighted by Crippen LogP contribution is 2.23. The second kappa shape index (κ2) is 21.9. The van der Waals surface area contributed by atoms with Crippen LogP contribution in [-0.2, 0) is 11.2 Å². The summed E-state index contributed by atoms with van der Waals surface area (Å²) in [6.45, 7) is 2.93. The normalized spacial score (nSPS) is 11.4. The fraction of sp³-hybridized carbons (Fsp3) is 0.735. The van der Waals surface area contributed by atoms with E-state index in [1.807, 2.05) is 12.3 Å². The van der Waals surface area contributed by atoms with Gasteiger partial charge in [0, 0.05) is 30.1 Å². The first-order valence-electron chi connectivity index (χ1n) is 16.3. The monoisotopic (exact) mass is 526 g/mol. The summed E-state index contributed by atoms with van der Waals surface area (Å²) in [6.07, 6.45) is 32.3. The summed E-state index contributed by atoms with van der Waals surface area (Å²) in [7, 11) is 0. The van der Waals surface area contributed by atoms with Crippen molar-refractivity contribution in [3.8, 4) is 5.75 Å². The van der Waals surface area contributed by atoms with Gasteiger partial charge in [-0.25, -0.2) is 0 Å². The highest BCUT2D eigenvalue weighted by atomic mass is 16.3. The Morgan fingerprint density at radius 3 is 1.68 bits per heavy atom. The minimum Gasteiger partial charge on any atom is -0.508 e. The number of aromatic amines is 1. The highest BCUT2D eigenvalue weighted by molar-refractivity contribution is 5.84. The number of benzene rings is 1. The Hall–Kier alpha value is -1.97. The molecule has 0 saturated carbocycles. The standard InChI is InChI=1S/C34H58N2O2/c1-2-3-4-5-6-7-8-9-10-11-12-13-14-15-16-17-18-19-20-21-22-23-34(38)35-27-26-30-29-36-33-25-24-31(37)28-32(30)33/h24-25,28-29,36-37H,2-23,26-27H2,1H3,(H,35,38). The number of amides is 1. The molecule has 0 aliphatic carbocycles. The van der Waals surface area contributed by atoms with Crippen molar-refractivity contribution in [2.45, 2.75) is 155 Å². The largest absolute Gasteiger partial charge is 0.508 e. The van der Waals surface area contributed by atoms with Crippen molar-refractivity contribution in [3.05, 3.63) is 30.0 Å². The van der Waals surface area contributed by atoms with Gasteiger partial charge in [-0.05, 0) is 36.6 Å². The van der Waals surface area contributed by atoms with Crippen LogP contribution in [0.15, 0.2) is 24.4 Å². The predicted octanol–water partition coefficient (Wildman–Crippen LogP) is 10.1. The number of nitrogens with one attached hydrogen (secondary N) is 2. The van der Waals surface area contributed by atoms with Crippen molar-refractivity contribution in [2.75, 3.05) is 6.54 Å². The molecule has 1 aromatic heterocycles. The number of aromatic nitrogens is 1. The number of carbonyl (C=O) groups is 1. The molecule has 0 fully saturated rings. The summed E-state index contributed by atoms with van der Waals surface area (Å²) in [5, 5.41) is 13.8. The van der Waals surface area contributed by atoms with E-state index in [1.165, 1.54) is 122 Å². The Balaban J connectivity index is 1.28. The average Bonchev–Trinajstić information content (AvgIpc) is 3.31. The summed E-state index contributed by atoms with van der Waals surface area (Å²) < 4.78 is 0. The van der Waals surface area contributed by atoms with Crippen molar-refractivity contribution in [1.29, 1.82) is 0 Å². The number of fused-ring (bicyclic) bond motifs is 1. The van der Waals surface area contributed by atoms with Crippen LogP contribution in [0.2, 0.25) is 0 Å². The van der Waals surface area contributed by atoms with Gasteiger partial charge in [-0.2, -0.15) is 0 Å². The lowest BCUT2D eigenvalue weighted by Crippen LogP contribution is -2.25. The van der Waals surface area contributed by atoms with E-state index in [-0.39, 0.29) is 11.7 Å². The smallest absolute Gasteiger partial charge is 0.220 e. The SMILES string of the molecule is CCCCCCCCCCCCCCCCCCCCCCCC(=O)NCCc1c[nH]c2ccc(O)cc12. The first kappa shape index (κ1) is 32.2. The lowest BCUT2D eigenvalue weighted by atomic mass is 10.0. The first-order valence-corrected chi connectivity index (χ1v) is 16.3. The number of hydrogen-bond donors (Lipinski definition) is 3. The molecule has 0 atom stereocenters. The third-order valence-electron chi connectivity index (χ3n) is 7.97. The van der Waals surface area contributed by atoms with Crippen molar-refractivity contribution in [2.24, 2.45) is 0 Å². The van der Waals surface area contributed by atoms with Crippen molar-refractivity contribution in [1.82, 2.24) is 10.3 Å². The molecular weight excluding hydrogens is 468 g/mol. The molecule has 2 aromatic rings. The third kappa shape index (κ3) is 15.4. The maximum atomic E-state index is 12.1. The van der Waals surface area contributed by atoms with E-state index < -0.39 is 0 Å². The molecule has 0 bridgehead atoms. The summed E-state index contributed by atoms with van der Waals surface area (Å²) in [6, 6.07) is 5.35. The van der Waals surface area contributed by atoms with Gasteiger partial charge in [0.15, 0.2) is 0 Å². The molecule has 0 aliphatic heterocycles. The zero-order chi connectivity index (χ0) is 27.1. The highest BCUT2D eigenvalue weighted by Gasteiger charge is 2.06. The summed E-state index contributed by atoms with van der Waals surface area (Å²) in [5.74, 6) is 0.433. The molecule has 38 heavy (non-hydrogen) atoms. The zero-order valence-electron chi connectivity index (χ0n) is 24.6. The number of H-pyrrole nitrogens is 1. The van der Waals surface area contributed by atoms with Crippen LogP contribution in [0.25, 0.3) is 10.9 Å². The Labute approximate surface area is 233 Å². The lowest BCUT2D eigenvalue weighted by molar-refractivity contribution is -0.121.